The van der Waals surface area contributed by atoms with Crippen molar-refractivity contribution in [2.75, 3.05) is 26.2 Å². The Kier molecular flexibility index (Phi) is 5.27. The first-order valence-corrected chi connectivity index (χ1v) is 8.67. The van der Waals surface area contributed by atoms with E-state index < -0.39 is 0 Å². The van der Waals surface area contributed by atoms with Gasteiger partial charge in [-0.1, -0.05) is 13.3 Å². The molecule has 3 aliphatic rings. The normalized spacial score (nSPS) is 23.0. The fourth-order valence-corrected chi connectivity index (χ4v) is 3.43. The number of ether oxygens (including phenoxy) is 1. The van der Waals surface area contributed by atoms with Gasteiger partial charge in [0.05, 0.1) is 18.8 Å². The smallest absolute Gasteiger partial charge is 0.410 e. The molecule has 2 bridgehead atoms. The Morgan fingerprint density at radius 3 is 2.88 bits per heavy atom. The molecule has 0 N–H and O–H groups in total. The largest absolute Gasteiger partial charge is 0.449 e. The number of unbranched alkanes of at least 4 members (excludes halogenated alkanes) is 1. The molecule has 2 atom stereocenters. The number of rotatable bonds is 4. The number of aromatic nitrogens is 2. The summed E-state index contributed by atoms with van der Waals surface area (Å²) in [4.78, 5) is 36.7. The van der Waals surface area contributed by atoms with Crippen molar-refractivity contribution >= 4 is 12.0 Å². The molecule has 3 fully saturated rings. The Morgan fingerprint density at radius 2 is 2.12 bits per heavy atom. The van der Waals surface area contributed by atoms with Gasteiger partial charge in [0.1, 0.15) is 5.69 Å². The van der Waals surface area contributed by atoms with Crippen molar-refractivity contribution in [1.82, 2.24) is 19.8 Å². The first-order chi connectivity index (χ1) is 11.7. The van der Waals surface area contributed by atoms with E-state index in [4.69, 9.17) is 4.74 Å². The summed E-state index contributed by atoms with van der Waals surface area (Å²) < 4.78 is 5.37. The molecule has 4 heterocycles. The molecule has 2 amide bonds. The summed E-state index contributed by atoms with van der Waals surface area (Å²) in [5.74, 6) is 0.185. The second-order valence-electron chi connectivity index (χ2n) is 6.52. The number of amides is 2. The predicted molar refractivity (Wildman–Crippen MR) is 87.4 cm³/mol. The minimum atomic E-state index is -0.244. The highest BCUT2D eigenvalue weighted by molar-refractivity contribution is 5.92. The van der Waals surface area contributed by atoms with E-state index in [2.05, 4.69) is 16.9 Å². The summed E-state index contributed by atoms with van der Waals surface area (Å²) in [6, 6.07) is 0.0264. The summed E-state index contributed by atoms with van der Waals surface area (Å²) in [6.07, 6.45) is 8.16. The number of carbonyl (C=O) groups is 2. The van der Waals surface area contributed by atoms with E-state index in [1.54, 1.807) is 6.20 Å². The minimum absolute atomic E-state index is 0.0264. The van der Waals surface area contributed by atoms with Gasteiger partial charge in [0.15, 0.2) is 0 Å². The number of nitrogens with zero attached hydrogens (tertiary/aromatic N) is 4. The number of hydrogen-bond acceptors (Lipinski definition) is 5. The quantitative estimate of drug-likeness (QED) is 0.788. The van der Waals surface area contributed by atoms with Crippen molar-refractivity contribution in [2.24, 2.45) is 5.92 Å². The van der Waals surface area contributed by atoms with Crippen LogP contribution in [0.2, 0.25) is 0 Å². The molecule has 1 aromatic heterocycles. The van der Waals surface area contributed by atoms with Gasteiger partial charge in [-0.05, 0) is 25.2 Å². The van der Waals surface area contributed by atoms with Crippen molar-refractivity contribution in [2.45, 2.75) is 38.6 Å². The minimum Gasteiger partial charge on any atom is -0.449 e. The first kappa shape index (κ1) is 16.7. The highest BCUT2D eigenvalue weighted by Gasteiger charge is 2.39. The fourth-order valence-electron chi connectivity index (χ4n) is 3.43. The molecule has 1 aromatic rings. The first-order valence-electron chi connectivity index (χ1n) is 8.67. The van der Waals surface area contributed by atoms with E-state index in [0.29, 0.717) is 37.9 Å². The molecule has 4 rings (SSSR count). The van der Waals surface area contributed by atoms with Crippen molar-refractivity contribution in [3.05, 3.63) is 24.3 Å². The molecular weight excluding hydrogens is 308 g/mol. The molecule has 130 valence electrons. The lowest BCUT2D eigenvalue weighted by Gasteiger charge is -2.35. The van der Waals surface area contributed by atoms with Gasteiger partial charge in [-0.15, -0.1) is 0 Å². The standard InChI is InChI=1S/C17H24N4O3/c1-2-3-8-24-17(23)21-11-13-4-5-14(21)12-20(10-13)16(22)15-9-18-6-7-19-15/h6-7,9,13-14H,2-5,8,10-12H2,1H3. The van der Waals surface area contributed by atoms with Gasteiger partial charge in [0.25, 0.3) is 5.91 Å². The van der Waals surface area contributed by atoms with Crippen LogP contribution in [-0.2, 0) is 4.74 Å². The molecule has 3 aliphatic heterocycles. The molecule has 3 saturated heterocycles. The fraction of sp³-hybridized carbons (Fsp3) is 0.647. The molecule has 0 aromatic carbocycles. The Balaban J connectivity index is 1.67. The number of fused-ring (bicyclic) bond motifs is 4. The van der Waals surface area contributed by atoms with Crippen molar-refractivity contribution in [1.29, 1.82) is 0 Å². The molecule has 7 heteroatoms. The number of hydrogen-bond donors (Lipinski definition) is 0. The second-order valence-corrected chi connectivity index (χ2v) is 6.52. The van der Waals surface area contributed by atoms with Crippen LogP contribution in [-0.4, -0.2) is 64.1 Å². The third-order valence-electron chi connectivity index (χ3n) is 4.74. The Morgan fingerprint density at radius 1 is 1.25 bits per heavy atom. The SMILES string of the molecule is CCCCOC(=O)N1CC2CCC1CN(C(=O)c1cnccn1)C2. The van der Waals surface area contributed by atoms with E-state index in [0.717, 1.165) is 25.7 Å². The van der Waals surface area contributed by atoms with Gasteiger partial charge in [-0.3, -0.25) is 9.78 Å². The number of piperidine rings is 1. The van der Waals surface area contributed by atoms with Crippen LogP contribution in [0.3, 0.4) is 0 Å². The van der Waals surface area contributed by atoms with Crippen LogP contribution in [0.1, 0.15) is 43.1 Å². The highest BCUT2D eigenvalue weighted by atomic mass is 16.6. The second kappa shape index (κ2) is 7.59. The number of carbonyl (C=O) groups excluding carboxylic acids is 2. The zero-order valence-electron chi connectivity index (χ0n) is 14.1. The molecule has 0 radical (unpaired) electrons. The summed E-state index contributed by atoms with van der Waals surface area (Å²) in [5.41, 5.74) is 0.357. The highest BCUT2D eigenvalue weighted by Crippen LogP contribution is 2.29. The maximum atomic E-state index is 12.6. The van der Waals surface area contributed by atoms with Gasteiger partial charge in [-0.25, -0.2) is 9.78 Å². The molecule has 0 saturated carbocycles. The Hall–Kier alpha value is -2.18. The van der Waals surface area contributed by atoms with E-state index in [-0.39, 0.29) is 18.0 Å². The average Bonchev–Trinajstić information content (AvgIpc) is 2.94. The van der Waals surface area contributed by atoms with Crippen molar-refractivity contribution < 1.29 is 14.3 Å². The van der Waals surface area contributed by atoms with Crippen LogP contribution in [0.4, 0.5) is 4.79 Å². The Labute approximate surface area is 142 Å². The van der Waals surface area contributed by atoms with E-state index in [1.807, 2.05) is 9.80 Å². The van der Waals surface area contributed by atoms with Crippen LogP contribution in [0, 0.1) is 5.92 Å². The zero-order valence-corrected chi connectivity index (χ0v) is 14.1. The topological polar surface area (TPSA) is 75.6 Å². The Bertz CT molecular complexity index is 580. The lowest BCUT2D eigenvalue weighted by molar-refractivity contribution is 0.0639. The molecular formula is C17H24N4O3. The van der Waals surface area contributed by atoms with Gasteiger partial charge in [0, 0.05) is 32.0 Å². The summed E-state index contributed by atoms with van der Waals surface area (Å²) >= 11 is 0. The van der Waals surface area contributed by atoms with Crippen molar-refractivity contribution in [3.63, 3.8) is 0 Å². The zero-order chi connectivity index (χ0) is 16.9. The molecule has 24 heavy (non-hydrogen) atoms. The summed E-state index contributed by atoms with van der Waals surface area (Å²) in [5, 5.41) is 0. The predicted octanol–water partition coefficient (Wildman–Crippen LogP) is 1.95. The van der Waals surface area contributed by atoms with E-state index in [9.17, 15) is 9.59 Å². The van der Waals surface area contributed by atoms with Gasteiger partial charge in [0.2, 0.25) is 0 Å². The lowest BCUT2D eigenvalue weighted by atomic mass is 9.95. The van der Waals surface area contributed by atoms with Gasteiger partial charge in [-0.2, -0.15) is 0 Å². The summed E-state index contributed by atoms with van der Waals surface area (Å²) in [6.45, 7) is 4.39. The monoisotopic (exact) mass is 332 g/mol. The van der Waals surface area contributed by atoms with E-state index >= 15 is 0 Å². The third kappa shape index (κ3) is 3.66. The molecule has 7 nitrogen and oxygen atoms in total. The molecule has 0 aliphatic carbocycles. The van der Waals surface area contributed by atoms with Crippen LogP contribution >= 0.6 is 0 Å². The van der Waals surface area contributed by atoms with Crippen LogP contribution in [0.25, 0.3) is 0 Å². The lowest BCUT2D eigenvalue weighted by Crippen LogP contribution is -2.48. The van der Waals surface area contributed by atoms with Crippen LogP contribution in [0.5, 0.6) is 0 Å². The summed E-state index contributed by atoms with van der Waals surface area (Å²) in [7, 11) is 0. The van der Waals surface area contributed by atoms with Gasteiger partial charge < -0.3 is 14.5 Å². The van der Waals surface area contributed by atoms with Crippen LogP contribution < -0.4 is 0 Å². The van der Waals surface area contributed by atoms with Crippen LogP contribution in [0.15, 0.2) is 18.6 Å². The maximum Gasteiger partial charge on any atom is 0.410 e. The third-order valence-corrected chi connectivity index (χ3v) is 4.74. The molecule has 0 spiro atoms. The van der Waals surface area contributed by atoms with E-state index in [1.165, 1.54) is 12.4 Å². The van der Waals surface area contributed by atoms with Gasteiger partial charge >= 0.3 is 6.09 Å². The molecule has 2 unspecified atom stereocenters. The maximum absolute atomic E-state index is 12.6. The average molecular weight is 332 g/mol. The van der Waals surface area contributed by atoms with Crippen molar-refractivity contribution in [3.8, 4) is 0 Å².